The maximum Gasteiger partial charge on any atom is 0.258 e. The summed E-state index contributed by atoms with van der Waals surface area (Å²) in [7, 11) is 0. The highest BCUT2D eigenvalue weighted by Crippen LogP contribution is 2.20. The van der Waals surface area contributed by atoms with Gasteiger partial charge in [0.2, 0.25) is 0 Å². The summed E-state index contributed by atoms with van der Waals surface area (Å²) in [6.07, 6.45) is -0.760. The zero-order valence-corrected chi connectivity index (χ0v) is 10.4. The number of ketones is 1. The third kappa shape index (κ3) is 3.06. The summed E-state index contributed by atoms with van der Waals surface area (Å²) < 4.78 is 5.31. The van der Waals surface area contributed by atoms with Crippen LogP contribution in [0.4, 0.5) is 0 Å². The van der Waals surface area contributed by atoms with Gasteiger partial charge >= 0.3 is 0 Å². The van der Waals surface area contributed by atoms with Crippen molar-refractivity contribution in [2.75, 3.05) is 5.33 Å². The van der Waals surface area contributed by atoms with Crippen molar-refractivity contribution >= 4 is 27.6 Å². The molecule has 1 aromatic rings. The van der Waals surface area contributed by atoms with Crippen LogP contribution < -0.4 is 10.5 Å². The lowest BCUT2D eigenvalue weighted by molar-refractivity contribution is -0.124. The number of amides is 1. The van der Waals surface area contributed by atoms with Crippen LogP contribution in [-0.2, 0) is 4.79 Å². The Hall–Kier alpha value is -1.36. The number of alkyl halides is 1. The van der Waals surface area contributed by atoms with Crippen molar-refractivity contribution < 1.29 is 14.3 Å². The van der Waals surface area contributed by atoms with Crippen molar-refractivity contribution in [1.29, 1.82) is 0 Å². The molecule has 0 radical (unpaired) electrons. The van der Waals surface area contributed by atoms with Crippen molar-refractivity contribution in [3.63, 3.8) is 0 Å². The molecule has 0 heterocycles. The molecule has 1 unspecified atom stereocenters. The Morgan fingerprint density at radius 2 is 2.06 bits per heavy atom. The van der Waals surface area contributed by atoms with Crippen LogP contribution in [-0.4, -0.2) is 23.1 Å². The number of primary amides is 1. The summed E-state index contributed by atoms with van der Waals surface area (Å²) in [5.74, 6) is -0.299. The molecule has 1 rings (SSSR count). The molecule has 0 fully saturated rings. The van der Waals surface area contributed by atoms with Crippen LogP contribution in [0.15, 0.2) is 24.3 Å². The molecule has 1 atom stereocenters. The number of para-hydroxylation sites is 1. The summed E-state index contributed by atoms with van der Waals surface area (Å²) in [5.41, 5.74) is 5.52. The molecule has 0 saturated carbocycles. The third-order valence-corrected chi connectivity index (χ3v) is 2.52. The van der Waals surface area contributed by atoms with Gasteiger partial charge in [-0.25, -0.2) is 0 Å². The van der Waals surface area contributed by atoms with Gasteiger partial charge in [-0.05, 0) is 19.1 Å². The summed E-state index contributed by atoms with van der Waals surface area (Å²) in [5, 5.41) is 0.207. The van der Waals surface area contributed by atoms with E-state index in [1.54, 1.807) is 24.3 Å². The maximum atomic E-state index is 11.5. The smallest absolute Gasteiger partial charge is 0.258 e. The molecule has 0 aliphatic rings. The monoisotopic (exact) mass is 285 g/mol. The third-order valence-electron chi connectivity index (χ3n) is 2.01. The van der Waals surface area contributed by atoms with E-state index in [0.29, 0.717) is 11.3 Å². The Morgan fingerprint density at radius 1 is 1.44 bits per heavy atom. The quantitative estimate of drug-likeness (QED) is 0.659. The van der Waals surface area contributed by atoms with E-state index in [2.05, 4.69) is 15.9 Å². The summed E-state index contributed by atoms with van der Waals surface area (Å²) in [6.45, 7) is 1.54. The summed E-state index contributed by atoms with van der Waals surface area (Å²) in [6, 6.07) is 6.74. The molecular weight excluding hydrogens is 274 g/mol. The van der Waals surface area contributed by atoms with E-state index >= 15 is 0 Å². The number of nitrogens with two attached hydrogens (primary N) is 1. The first-order valence-electron chi connectivity index (χ1n) is 4.70. The predicted molar refractivity (Wildman–Crippen MR) is 63.9 cm³/mol. The fourth-order valence-electron chi connectivity index (χ4n) is 1.12. The first kappa shape index (κ1) is 12.7. The normalized spacial score (nSPS) is 11.9. The molecule has 0 aromatic heterocycles. The number of rotatable bonds is 5. The average molecular weight is 286 g/mol. The zero-order valence-electron chi connectivity index (χ0n) is 8.77. The number of carbonyl (C=O) groups excluding carboxylic acids is 2. The highest BCUT2D eigenvalue weighted by Gasteiger charge is 2.15. The van der Waals surface area contributed by atoms with Crippen LogP contribution in [0.5, 0.6) is 5.75 Å². The van der Waals surface area contributed by atoms with Gasteiger partial charge in [-0.3, -0.25) is 9.59 Å². The topological polar surface area (TPSA) is 69.4 Å². The molecule has 1 amide bonds. The van der Waals surface area contributed by atoms with Gasteiger partial charge in [-0.2, -0.15) is 0 Å². The second kappa shape index (κ2) is 5.65. The van der Waals surface area contributed by atoms with Crippen molar-refractivity contribution in [1.82, 2.24) is 0 Å². The number of hydrogen-bond donors (Lipinski definition) is 1. The van der Waals surface area contributed by atoms with E-state index < -0.39 is 12.0 Å². The molecule has 2 N–H and O–H groups in total. The Kier molecular flexibility index (Phi) is 4.49. The molecule has 5 heteroatoms. The van der Waals surface area contributed by atoms with Crippen LogP contribution in [0.1, 0.15) is 17.3 Å². The minimum Gasteiger partial charge on any atom is -0.480 e. The molecule has 0 aliphatic heterocycles. The molecule has 1 aromatic carbocycles. The Labute approximate surface area is 102 Å². The molecule has 0 aliphatic carbocycles. The maximum absolute atomic E-state index is 11.5. The number of ether oxygens (including phenoxy) is 1. The number of Topliss-reactive ketones (excluding diaryl/α,β-unsaturated/α-hetero) is 1. The first-order valence-corrected chi connectivity index (χ1v) is 5.82. The summed E-state index contributed by atoms with van der Waals surface area (Å²) >= 11 is 3.08. The fraction of sp³-hybridized carbons (Fsp3) is 0.273. The van der Waals surface area contributed by atoms with Crippen molar-refractivity contribution in [2.24, 2.45) is 5.73 Å². The Bertz CT molecular complexity index is 406. The van der Waals surface area contributed by atoms with Gasteiger partial charge < -0.3 is 10.5 Å². The van der Waals surface area contributed by atoms with Gasteiger partial charge in [0, 0.05) is 0 Å². The second-order valence-corrected chi connectivity index (χ2v) is 3.78. The molecule has 0 saturated heterocycles. The first-order chi connectivity index (χ1) is 7.56. The van der Waals surface area contributed by atoms with E-state index in [9.17, 15) is 9.59 Å². The molecule has 86 valence electrons. The fourth-order valence-corrected chi connectivity index (χ4v) is 1.42. The van der Waals surface area contributed by atoms with Crippen LogP contribution in [0.3, 0.4) is 0 Å². The molecule has 16 heavy (non-hydrogen) atoms. The van der Waals surface area contributed by atoms with E-state index in [1.165, 1.54) is 6.92 Å². The second-order valence-electron chi connectivity index (χ2n) is 3.22. The van der Waals surface area contributed by atoms with E-state index in [-0.39, 0.29) is 11.1 Å². The van der Waals surface area contributed by atoms with Crippen LogP contribution >= 0.6 is 15.9 Å². The molecule has 0 bridgehead atoms. The molecular formula is C11H12BrNO3. The van der Waals surface area contributed by atoms with Crippen molar-refractivity contribution in [3.05, 3.63) is 29.8 Å². The Balaban J connectivity index is 2.95. The number of halogens is 1. The lowest BCUT2D eigenvalue weighted by Gasteiger charge is -2.13. The van der Waals surface area contributed by atoms with Crippen molar-refractivity contribution in [3.8, 4) is 5.75 Å². The average Bonchev–Trinajstić information content (AvgIpc) is 2.28. The molecule has 4 nitrogen and oxygen atoms in total. The standard InChI is InChI=1S/C11H12BrNO3/c1-7(11(13)15)16-10-5-3-2-4-8(10)9(14)6-12/h2-5,7H,6H2,1H3,(H2,13,15). The van der Waals surface area contributed by atoms with Crippen LogP contribution in [0.25, 0.3) is 0 Å². The number of benzene rings is 1. The lowest BCUT2D eigenvalue weighted by Crippen LogP contribution is -2.31. The van der Waals surface area contributed by atoms with Gasteiger partial charge in [-0.1, -0.05) is 28.1 Å². The van der Waals surface area contributed by atoms with Gasteiger partial charge in [0.1, 0.15) is 5.75 Å². The number of carbonyl (C=O) groups is 2. The minimum atomic E-state index is -0.760. The Morgan fingerprint density at radius 3 is 2.62 bits per heavy atom. The predicted octanol–water partition coefficient (Wildman–Crippen LogP) is 1.52. The minimum absolute atomic E-state index is 0.104. The number of hydrogen-bond acceptors (Lipinski definition) is 3. The van der Waals surface area contributed by atoms with Gasteiger partial charge in [0.05, 0.1) is 10.9 Å². The van der Waals surface area contributed by atoms with E-state index in [4.69, 9.17) is 10.5 Å². The van der Waals surface area contributed by atoms with Gasteiger partial charge in [0.25, 0.3) is 5.91 Å². The largest absolute Gasteiger partial charge is 0.480 e. The van der Waals surface area contributed by atoms with Gasteiger partial charge in [0.15, 0.2) is 11.9 Å². The highest BCUT2D eigenvalue weighted by molar-refractivity contribution is 9.09. The highest BCUT2D eigenvalue weighted by atomic mass is 79.9. The van der Waals surface area contributed by atoms with Crippen LogP contribution in [0, 0.1) is 0 Å². The van der Waals surface area contributed by atoms with E-state index in [0.717, 1.165) is 0 Å². The van der Waals surface area contributed by atoms with E-state index in [1.807, 2.05) is 0 Å². The molecule has 0 spiro atoms. The van der Waals surface area contributed by atoms with Crippen LogP contribution in [0.2, 0.25) is 0 Å². The lowest BCUT2D eigenvalue weighted by atomic mass is 10.1. The SMILES string of the molecule is CC(Oc1ccccc1C(=O)CBr)C(N)=O. The van der Waals surface area contributed by atoms with Crippen molar-refractivity contribution in [2.45, 2.75) is 13.0 Å². The van der Waals surface area contributed by atoms with Gasteiger partial charge in [-0.15, -0.1) is 0 Å². The summed E-state index contributed by atoms with van der Waals surface area (Å²) in [4.78, 5) is 22.4. The zero-order chi connectivity index (χ0) is 12.1.